The molecule has 7 heteroatoms. The van der Waals surface area contributed by atoms with E-state index in [9.17, 15) is 9.46 Å². The van der Waals surface area contributed by atoms with E-state index in [1.54, 1.807) is 6.92 Å². The molecule has 0 amide bonds. The molecule has 0 fully saturated rings. The zero-order chi connectivity index (χ0) is 9.73. The SMILES string of the molecule is CCOP(=O)([O-])Oc1cnccn1. The minimum absolute atomic E-state index is 0.0288. The van der Waals surface area contributed by atoms with Gasteiger partial charge in [0.1, 0.15) is 0 Å². The summed E-state index contributed by atoms with van der Waals surface area (Å²) in [5.74, 6) is -0.103. The molecule has 0 bridgehead atoms. The van der Waals surface area contributed by atoms with Crippen LogP contribution in [0.15, 0.2) is 18.6 Å². The Morgan fingerprint density at radius 1 is 1.62 bits per heavy atom. The molecule has 0 aliphatic heterocycles. The third kappa shape index (κ3) is 3.50. The van der Waals surface area contributed by atoms with Crippen molar-refractivity contribution in [2.24, 2.45) is 0 Å². The van der Waals surface area contributed by atoms with E-state index in [2.05, 4.69) is 19.0 Å². The molecule has 13 heavy (non-hydrogen) atoms. The van der Waals surface area contributed by atoms with Gasteiger partial charge in [-0.15, -0.1) is 0 Å². The van der Waals surface area contributed by atoms with Crippen LogP contribution < -0.4 is 9.42 Å². The van der Waals surface area contributed by atoms with Gasteiger partial charge in [-0.2, -0.15) is 0 Å². The predicted molar refractivity (Wildman–Crippen MR) is 41.9 cm³/mol. The van der Waals surface area contributed by atoms with Crippen molar-refractivity contribution in [2.45, 2.75) is 6.92 Å². The highest BCUT2D eigenvalue weighted by Crippen LogP contribution is 2.37. The Bertz CT molecular complexity index is 305. The van der Waals surface area contributed by atoms with Crippen LogP contribution in [0.2, 0.25) is 0 Å². The van der Waals surface area contributed by atoms with Crippen LogP contribution >= 0.6 is 7.82 Å². The summed E-state index contributed by atoms with van der Waals surface area (Å²) in [4.78, 5) is 18.2. The van der Waals surface area contributed by atoms with Gasteiger partial charge in [0.05, 0.1) is 12.8 Å². The van der Waals surface area contributed by atoms with Crippen LogP contribution in [0.4, 0.5) is 0 Å². The standard InChI is InChI=1S/C6H9N2O4P/c1-2-11-13(9,10)12-6-5-7-3-4-8-6/h3-5H,2H2,1H3,(H,9,10)/p-1. The molecule has 0 aromatic carbocycles. The summed E-state index contributed by atoms with van der Waals surface area (Å²) in [6.45, 7) is 1.58. The summed E-state index contributed by atoms with van der Waals surface area (Å²) in [6.07, 6.45) is 3.91. The highest BCUT2D eigenvalue weighted by molar-refractivity contribution is 7.46. The predicted octanol–water partition coefficient (Wildman–Crippen LogP) is 0.360. The van der Waals surface area contributed by atoms with Crippen molar-refractivity contribution in [1.29, 1.82) is 0 Å². The molecule has 1 aromatic rings. The minimum Gasteiger partial charge on any atom is -0.746 e. The average Bonchev–Trinajstić information content (AvgIpc) is 2.04. The fourth-order valence-electron chi connectivity index (χ4n) is 0.632. The largest absolute Gasteiger partial charge is 0.746 e. The highest BCUT2D eigenvalue weighted by atomic mass is 31.2. The molecule has 0 spiro atoms. The molecule has 0 saturated carbocycles. The summed E-state index contributed by atoms with van der Waals surface area (Å²) in [7, 11) is -4.27. The third-order valence-electron chi connectivity index (χ3n) is 1.03. The van der Waals surface area contributed by atoms with Crippen LogP contribution in [0, 0.1) is 0 Å². The first kappa shape index (κ1) is 10.1. The van der Waals surface area contributed by atoms with Gasteiger partial charge in [-0.25, -0.2) is 4.98 Å². The number of nitrogens with zero attached hydrogens (tertiary/aromatic N) is 2. The third-order valence-corrected chi connectivity index (χ3v) is 2.02. The van der Waals surface area contributed by atoms with E-state index in [4.69, 9.17) is 0 Å². The summed E-state index contributed by atoms with van der Waals surface area (Å²) in [6, 6.07) is 0. The van der Waals surface area contributed by atoms with Gasteiger partial charge in [0.25, 0.3) is 0 Å². The lowest BCUT2D eigenvalue weighted by Gasteiger charge is -2.21. The molecule has 1 heterocycles. The Morgan fingerprint density at radius 2 is 2.38 bits per heavy atom. The lowest BCUT2D eigenvalue weighted by Crippen LogP contribution is -2.11. The van der Waals surface area contributed by atoms with Crippen molar-refractivity contribution >= 4 is 7.82 Å². The Labute approximate surface area is 75.2 Å². The van der Waals surface area contributed by atoms with Crippen LogP contribution in [-0.2, 0) is 9.09 Å². The van der Waals surface area contributed by atoms with Gasteiger partial charge in [-0.05, 0) is 6.92 Å². The molecule has 0 radical (unpaired) electrons. The Balaban J connectivity index is 2.64. The Morgan fingerprint density at radius 3 is 2.92 bits per heavy atom. The molecular formula is C6H8N2O4P-. The van der Waals surface area contributed by atoms with Gasteiger partial charge in [0, 0.05) is 12.4 Å². The lowest BCUT2D eigenvalue weighted by molar-refractivity contribution is -0.216. The Kier molecular flexibility index (Phi) is 3.36. The maximum atomic E-state index is 10.9. The molecule has 1 rings (SSSR count). The van der Waals surface area contributed by atoms with Crippen molar-refractivity contribution in [1.82, 2.24) is 9.97 Å². The number of aromatic nitrogens is 2. The van der Waals surface area contributed by atoms with Crippen LogP contribution in [0.25, 0.3) is 0 Å². The maximum absolute atomic E-state index is 10.9. The van der Waals surface area contributed by atoms with Gasteiger partial charge in [0.2, 0.25) is 5.88 Å². The highest BCUT2D eigenvalue weighted by Gasteiger charge is 2.10. The molecule has 0 aliphatic carbocycles. The molecule has 6 nitrogen and oxygen atoms in total. The van der Waals surface area contributed by atoms with Crippen LogP contribution in [0.1, 0.15) is 6.92 Å². The Hall–Kier alpha value is -0.970. The zero-order valence-electron chi connectivity index (χ0n) is 6.91. The van der Waals surface area contributed by atoms with Gasteiger partial charge in [0.15, 0.2) is 0 Å². The number of rotatable bonds is 4. The smallest absolute Gasteiger partial charge is 0.321 e. The number of phosphoric ester groups is 1. The summed E-state index contributed by atoms with van der Waals surface area (Å²) >= 11 is 0. The van der Waals surface area contributed by atoms with Crippen molar-refractivity contribution in [3.63, 3.8) is 0 Å². The van der Waals surface area contributed by atoms with E-state index in [1.807, 2.05) is 0 Å². The maximum Gasteiger partial charge on any atom is 0.321 e. The second kappa shape index (κ2) is 4.32. The fraction of sp³-hybridized carbons (Fsp3) is 0.333. The topological polar surface area (TPSA) is 84.4 Å². The fourth-order valence-corrected chi connectivity index (χ4v) is 1.32. The van der Waals surface area contributed by atoms with Gasteiger partial charge < -0.3 is 13.9 Å². The normalized spacial score (nSPS) is 14.9. The second-order valence-corrected chi connectivity index (χ2v) is 3.34. The van der Waals surface area contributed by atoms with Crippen molar-refractivity contribution in [3.8, 4) is 5.88 Å². The molecule has 1 unspecified atom stereocenters. The molecule has 0 N–H and O–H groups in total. The minimum atomic E-state index is -4.27. The van der Waals surface area contributed by atoms with E-state index >= 15 is 0 Å². The van der Waals surface area contributed by atoms with E-state index in [0.717, 1.165) is 0 Å². The van der Waals surface area contributed by atoms with Gasteiger partial charge in [-0.3, -0.25) is 9.55 Å². The quantitative estimate of drug-likeness (QED) is 0.657. The first-order chi connectivity index (χ1) is 6.14. The number of phosphoric acid groups is 1. The van der Waals surface area contributed by atoms with E-state index in [1.165, 1.54) is 18.6 Å². The number of hydrogen-bond donors (Lipinski definition) is 0. The average molecular weight is 203 g/mol. The van der Waals surface area contributed by atoms with Gasteiger partial charge in [-0.1, -0.05) is 0 Å². The molecule has 0 saturated heterocycles. The van der Waals surface area contributed by atoms with Crippen molar-refractivity contribution in [3.05, 3.63) is 18.6 Å². The molecular weight excluding hydrogens is 195 g/mol. The molecule has 72 valence electrons. The van der Waals surface area contributed by atoms with E-state index in [0.29, 0.717) is 0 Å². The lowest BCUT2D eigenvalue weighted by atomic mass is 10.7. The zero-order valence-corrected chi connectivity index (χ0v) is 7.81. The molecule has 1 aromatic heterocycles. The molecule has 1 atom stereocenters. The second-order valence-electron chi connectivity index (χ2n) is 2.00. The summed E-state index contributed by atoms with van der Waals surface area (Å²) < 4.78 is 19.7. The van der Waals surface area contributed by atoms with E-state index < -0.39 is 7.82 Å². The van der Waals surface area contributed by atoms with E-state index in [-0.39, 0.29) is 12.5 Å². The first-order valence-electron chi connectivity index (χ1n) is 3.55. The first-order valence-corrected chi connectivity index (χ1v) is 5.01. The summed E-state index contributed by atoms with van der Waals surface area (Å²) in [5.41, 5.74) is 0. The number of hydrogen-bond acceptors (Lipinski definition) is 6. The monoisotopic (exact) mass is 203 g/mol. The molecule has 0 aliphatic rings. The van der Waals surface area contributed by atoms with Crippen molar-refractivity contribution < 1.29 is 18.5 Å². The van der Waals surface area contributed by atoms with Gasteiger partial charge >= 0.3 is 7.82 Å². The van der Waals surface area contributed by atoms with Crippen molar-refractivity contribution in [2.75, 3.05) is 6.61 Å². The van der Waals surface area contributed by atoms with Crippen LogP contribution in [0.5, 0.6) is 5.88 Å². The van der Waals surface area contributed by atoms with Crippen LogP contribution in [0.3, 0.4) is 0 Å². The van der Waals surface area contributed by atoms with Crippen LogP contribution in [-0.4, -0.2) is 16.6 Å². The summed E-state index contributed by atoms with van der Waals surface area (Å²) in [5, 5.41) is 0.